The number of halogens is 1. The smallest absolute Gasteiger partial charge is 0.410 e. The maximum atomic E-state index is 15.3. The number of imide groups is 1. The first kappa shape index (κ1) is 28.1. The Kier molecular flexibility index (Phi) is 7.11. The number of hydrogen-bond donors (Lipinski definition) is 1. The normalized spacial score (nSPS) is 25.8. The molecule has 1 saturated carbocycles. The number of benzene rings is 1. The van der Waals surface area contributed by atoms with E-state index in [9.17, 15) is 19.2 Å². The summed E-state index contributed by atoms with van der Waals surface area (Å²) in [5.74, 6) is -1.37. The van der Waals surface area contributed by atoms with Crippen LogP contribution in [0.1, 0.15) is 99.5 Å². The van der Waals surface area contributed by atoms with Gasteiger partial charge in [0.25, 0.3) is 5.91 Å². The topological polar surface area (TPSA) is 99.3 Å². The van der Waals surface area contributed by atoms with Gasteiger partial charge >= 0.3 is 6.09 Å². The molecule has 0 bridgehead atoms. The number of hydrogen-bond acceptors (Lipinski definition) is 6. The molecule has 222 valence electrons. The van der Waals surface area contributed by atoms with Crippen LogP contribution in [0.5, 0.6) is 0 Å². The Morgan fingerprint density at radius 1 is 1.02 bits per heavy atom. The minimum atomic E-state index is -0.697. The van der Waals surface area contributed by atoms with E-state index in [-0.39, 0.29) is 42.6 Å². The Balaban J connectivity index is 1.01. The quantitative estimate of drug-likeness (QED) is 0.555. The zero-order chi connectivity index (χ0) is 29.1. The van der Waals surface area contributed by atoms with E-state index in [2.05, 4.69) is 10.2 Å². The van der Waals surface area contributed by atoms with Gasteiger partial charge in [0.1, 0.15) is 17.5 Å². The van der Waals surface area contributed by atoms with Gasteiger partial charge in [-0.3, -0.25) is 19.7 Å². The maximum Gasteiger partial charge on any atom is 0.410 e. The van der Waals surface area contributed by atoms with Crippen molar-refractivity contribution in [3.63, 3.8) is 0 Å². The molecule has 1 aromatic rings. The number of ether oxygens (including phenoxy) is 1. The lowest BCUT2D eigenvalue weighted by Crippen LogP contribution is -2.57. The molecule has 4 aliphatic heterocycles. The molecule has 0 radical (unpaired) electrons. The van der Waals surface area contributed by atoms with Gasteiger partial charge in [-0.15, -0.1) is 0 Å². The molecule has 3 saturated heterocycles. The summed E-state index contributed by atoms with van der Waals surface area (Å²) in [7, 11) is 0. The molecule has 1 N–H and O–H groups in total. The first-order valence-electron chi connectivity index (χ1n) is 15.1. The number of fused-ring (bicyclic) bond motifs is 1. The molecule has 1 spiro atoms. The van der Waals surface area contributed by atoms with E-state index in [1.807, 2.05) is 31.7 Å². The highest BCUT2D eigenvalue weighted by atomic mass is 19.1. The van der Waals surface area contributed by atoms with E-state index in [0.717, 1.165) is 70.3 Å². The third-order valence-corrected chi connectivity index (χ3v) is 9.94. The van der Waals surface area contributed by atoms with E-state index in [1.165, 1.54) is 11.0 Å². The van der Waals surface area contributed by atoms with Crippen LogP contribution in [0.2, 0.25) is 0 Å². The Morgan fingerprint density at radius 3 is 2.34 bits per heavy atom. The van der Waals surface area contributed by atoms with Crippen molar-refractivity contribution < 1.29 is 28.3 Å². The summed E-state index contributed by atoms with van der Waals surface area (Å²) in [6, 6.07) is 3.04. The van der Waals surface area contributed by atoms with Crippen LogP contribution in [-0.2, 0) is 20.9 Å². The fourth-order valence-corrected chi connectivity index (χ4v) is 7.59. The predicted octanol–water partition coefficient (Wildman–Crippen LogP) is 3.95. The van der Waals surface area contributed by atoms with Crippen LogP contribution in [0.15, 0.2) is 12.1 Å². The number of piperidine rings is 3. The number of likely N-dealkylation sites (tertiary alicyclic amines) is 2. The van der Waals surface area contributed by atoms with Gasteiger partial charge in [-0.25, -0.2) is 9.18 Å². The van der Waals surface area contributed by atoms with Gasteiger partial charge < -0.3 is 19.4 Å². The Morgan fingerprint density at radius 2 is 1.71 bits per heavy atom. The molecule has 1 unspecified atom stereocenters. The average Bonchev–Trinajstić information content (AvgIpc) is 3.21. The molecule has 1 aliphatic carbocycles. The highest BCUT2D eigenvalue weighted by Gasteiger charge is 2.49. The fraction of sp³-hybridized carbons (Fsp3) is 0.677. The number of rotatable bonds is 3. The van der Waals surface area contributed by atoms with Crippen molar-refractivity contribution in [2.75, 3.05) is 26.2 Å². The van der Waals surface area contributed by atoms with Crippen molar-refractivity contribution in [1.29, 1.82) is 0 Å². The molecule has 1 atom stereocenters. The summed E-state index contributed by atoms with van der Waals surface area (Å²) in [5.41, 5.74) is 1.60. The summed E-state index contributed by atoms with van der Waals surface area (Å²) in [6.07, 6.45) is 6.38. The summed E-state index contributed by atoms with van der Waals surface area (Å²) in [4.78, 5) is 55.2. The Bertz CT molecular complexity index is 1250. The number of carbonyl (C=O) groups excluding carboxylic acids is 4. The maximum absolute atomic E-state index is 15.3. The summed E-state index contributed by atoms with van der Waals surface area (Å²) in [5, 5.41) is 2.31. The van der Waals surface area contributed by atoms with Crippen molar-refractivity contribution in [3.05, 3.63) is 34.6 Å². The molecule has 1 aromatic carbocycles. The van der Waals surface area contributed by atoms with E-state index in [1.54, 1.807) is 0 Å². The second-order valence-corrected chi connectivity index (χ2v) is 13.8. The Hall–Kier alpha value is -3.01. The lowest BCUT2D eigenvalue weighted by Gasteiger charge is -2.56. The molecule has 5 aliphatic rings. The molecule has 9 nitrogen and oxygen atoms in total. The van der Waals surface area contributed by atoms with Crippen molar-refractivity contribution in [2.24, 2.45) is 5.41 Å². The second kappa shape index (κ2) is 10.4. The van der Waals surface area contributed by atoms with Gasteiger partial charge in [0.05, 0.1) is 0 Å². The molecule has 4 fully saturated rings. The lowest BCUT2D eigenvalue weighted by atomic mass is 9.59. The molecule has 10 heteroatoms. The van der Waals surface area contributed by atoms with Crippen LogP contribution in [0, 0.1) is 11.2 Å². The predicted molar refractivity (Wildman–Crippen MR) is 148 cm³/mol. The third-order valence-electron chi connectivity index (χ3n) is 9.94. The zero-order valence-corrected chi connectivity index (χ0v) is 24.3. The van der Waals surface area contributed by atoms with Gasteiger partial charge in [0.2, 0.25) is 11.8 Å². The van der Waals surface area contributed by atoms with E-state index in [4.69, 9.17) is 4.74 Å². The summed E-state index contributed by atoms with van der Waals surface area (Å²) >= 11 is 0. The van der Waals surface area contributed by atoms with Crippen LogP contribution >= 0.6 is 0 Å². The molecular weight excluding hydrogens is 527 g/mol. The van der Waals surface area contributed by atoms with E-state index in [0.29, 0.717) is 29.0 Å². The van der Waals surface area contributed by atoms with Gasteiger partial charge in [0, 0.05) is 37.7 Å². The molecule has 4 amide bonds. The van der Waals surface area contributed by atoms with E-state index >= 15 is 4.39 Å². The number of carbonyl (C=O) groups is 4. The molecular formula is C31H41FN4O5. The van der Waals surface area contributed by atoms with Gasteiger partial charge in [-0.2, -0.15) is 0 Å². The van der Waals surface area contributed by atoms with E-state index < -0.39 is 17.6 Å². The molecule has 41 heavy (non-hydrogen) atoms. The third kappa shape index (κ3) is 5.47. The fourth-order valence-electron chi connectivity index (χ4n) is 7.59. The largest absolute Gasteiger partial charge is 0.444 e. The van der Waals surface area contributed by atoms with Crippen molar-refractivity contribution >= 4 is 23.8 Å². The van der Waals surface area contributed by atoms with Crippen molar-refractivity contribution in [2.45, 2.75) is 102 Å². The molecule has 0 aromatic heterocycles. The van der Waals surface area contributed by atoms with Gasteiger partial charge in [-0.1, -0.05) is 6.07 Å². The highest BCUT2D eigenvalue weighted by Crippen LogP contribution is 2.52. The van der Waals surface area contributed by atoms with Crippen LogP contribution in [-0.4, -0.2) is 82.4 Å². The lowest BCUT2D eigenvalue weighted by molar-refractivity contribution is -0.136. The second-order valence-electron chi connectivity index (χ2n) is 13.8. The highest BCUT2D eigenvalue weighted by molar-refractivity contribution is 6.05. The monoisotopic (exact) mass is 568 g/mol. The van der Waals surface area contributed by atoms with Gasteiger partial charge in [0.15, 0.2) is 0 Å². The number of nitrogens with zero attached hydrogens (tertiary/aromatic N) is 3. The van der Waals surface area contributed by atoms with Crippen molar-refractivity contribution in [1.82, 2.24) is 20.0 Å². The first-order chi connectivity index (χ1) is 19.4. The van der Waals surface area contributed by atoms with Crippen molar-refractivity contribution in [3.8, 4) is 0 Å². The summed E-state index contributed by atoms with van der Waals surface area (Å²) < 4.78 is 20.9. The standard InChI is InChI=1S/C31H41FN4O5/c1-30(2,3)41-29(40)35-12-8-31(9-13-35)16-21(17-31)34-10-6-19(7-11-34)22-14-20-18-36(28(39)23(20)15-24(22)32)25-4-5-26(37)33-27(25)38/h14-15,19,21,25H,4-13,16-18H2,1-3H3,(H,33,37,38). The first-order valence-corrected chi connectivity index (χ1v) is 15.1. The van der Waals surface area contributed by atoms with Crippen LogP contribution in [0.4, 0.5) is 9.18 Å². The number of nitrogens with one attached hydrogen (secondary N) is 1. The minimum Gasteiger partial charge on any atom is -0.444 e. The summed E-state index contributed by atoms with van der Waals surface area (Å²) in [6.45, 7) is 9.31. The Labute approximate surface area is 240 Å². The van der Waals surface area contributed by atoms with Crippen LogP contribution in [0.3, 0.4) is 0 Å². The zero-order valence-electron chi connectivity index (χ0n) is 24.3. The SMILES string of the molecule is CC(C)(C)OC(=O)N1CCC2(CC1)CC(N1CCC(c3cc4c(cc3F)C(=O)N(C3CCC(=O)NC3=O)C4)CC1)C2. The van der Waals surface area contributed by atoms with Gasteiger partial charge in [-0.05, 0) is 107 Å². The number of amides is 4. The average molecular weight is 569 g/mol. The van der Waals surface area contributed by atoms with Crippen LogP contribution in [0.25, 0.3) is 0 Å². The molecule has 6 rings (SSSR count). The molecule has 4 heterocycles. The minimum absolute atomic E-state index is 0.0995. The van der Waals surface area contributed by atoms with Crippen LogP contribution < -0.4 is 5.32 Å².